The summed E-state index contributed by atoms with van der Waals surface area (Å²) in [6.07, 6.45) is 11.4. The minimum absolute atomic E-state index is 0.650. The lowest BCUT2D eigenvalue weighted by molar-refractivity contribution is 0.192. The molecule has 0 bridgehead atoms. The van der Waals surface area contributed by atoms with Crippen molar-refractivity contribution in [3.63, 3.8) is 0 Å². The second kappa shape index (κ2) is 13.3. The predicted molar refractivity (Wildman–Crippen MR) is 61.8 cm³/mol. The number of carbonyl (C=O) groups excluding carboxylic acids is 1. The molecule has 0 unspecified atom stereocenters. The van der Waals surface area contributed by atoms with Crippen LogP contribution in [-0.4, -0.2) is 26.3 Å². The molecule has 0 saturated carbocycles. The maximum Gasteiger partial charge on any atom is 0.234 e. The SMILES string of the molecule is COCCCCCCCCCCN=C=O. The van der Waals surface area contributed by atoms with Crippen LogP contribution in [0.25, 0.3) is 0 Å². The molecule has 0 fully saturated rings. The zero-order valence-corrected chi connectivity index (χ0v) is 9.83. The molecule has 0 atom stereocenters. The van der Waals surface area contributed by atoms with Gasteiger partial charge in [-0.15, -0.1) is 0 Å². The van der Waals surface area contributed by atoms with Crippen molar-refractivity contribution < 1.29 is 9.53 Å². The molecule has 0 aromatic heterocycles. The maximum absolute atomic E-state index is 9.76. The van der Waals surface area contributed by atoms with Gasteiger partial charge in [-0.25, -0.2) is 9.79 Å². The largest absolute Gasteiger partial charge is 0.385 e. The van der Waals surface area contributed by atoms with Gasteiger partial charge in [0.2, 0.25) is 6.08 Å². The van der Waals surface area contributed by atoms with Gasteiger partial charge in [0.1, 0.15) is 0 Å². The lowest BCUT2D eigenvalue weighted by atomic mass is 10.1. The Balaban J connectivity index is 2.89. The van der Waals surface area contributed by atoms with Crippen molar-refractivity contribution in [3.8, 4) is 0 Å². The average molecular weight is 213 g/mol. The van der Waals surface area contributed by atoms with E-state index in [1.165, 1.54) is 44.9 Å². The molecule has 88 valence electrons. The predicted octanol–water partition coefficient (Wildman–Crippen LogP) is 3.09. The first kappa shape index (κ1) is 14.3. The van der Waals surface area contributed by atoms with Gasteiger partial charge in [-0.1, -0.05) is 38.5 Å². The molecule has 0 aliphatic carbocycles. The van der Waals surface area contributed by atoms with E-state index in [-0.39, 0.29) is 0 Å². The fraction of sp³-hybridized carbons (Fsp3) is 0.917. The van der Waals surface area contributed by atoms with E-state index in [0.29, 0.717) is 6.54 Å². The van der Waals surface area contributed by atoms with Crippen LogP contribution >= 0.6 is 0 Å². The standard InChI is InChI=1S/C12H23NO2/c1-15-11-9-7-5-3-2-4-6-8-10-13-12-14/h2-11H2,1H3. The van der Waals surface area contributed by atoms with Gasteiger partial charge < -0.3 is 4.74 Å². The summed E-state index contributed by atoms with van der Waals surface area (Å²) >= 11 is 0. The van der Waals surface area contributed by atoms with Gasteiger partial charge in [-0.2, -0.15) is 0 Å². The van der Waals surface area contributed by atoms with Crippen LogP contribution in [0.3, 0.4) is 0 Å². The Bertz CT molecular complexity index is 165. The van der Waals surface area contributed by atoms with Gasteiger partial charge in [0.05, 0.1) is 6.54 Å². The molecule has 0 N–H and O–H groups in total. The highest BCUT2D eigenvalue weighted by Crippen LogP contribution is 2.08. The molecule has 0 aromatic rings. The number of isocyanates is 1. The van der Waals surface area contributed by atoms with E-state index < -0.39 is 0 Å². The normalized spacial score (nSPS) is 9.93. The molecule has 3 nitrogen and oxygen atoms in total. The van der Waals surface area contributed by atoms with Crippen molar-refractivity contribution in [2.45, 2.75) is 51.4 Å². The first-order chi connectivity index (χ1) is 7.41. The molecule has 3 heteroatoms. The first-order valence-corrected chi connectivity index (χ1v) is 5.94. The van der Waals surface area contributed by atoms with Crippen LogP contribution in [0.1, 0.15) is 51.4 Å². The molecular formula is C12H23NO2. The Morgan fingerprint density at radius 2 is 1.47 bits per heavy atom. The molecule has 0 saturated heterocycles. The quantitative estimate of drug-likeness (QED) is 0.300. The van der Waals surface area contributed by atoms with Crippen LogP contribution in [0.2, 0.25) is 0 Å². The van der Waals surface area contributed by atoms with Crippen LogP contribution in [0, 0.1) is 0 Å². The highest BCUT2D eigenvalue weighted by Gasteiger charge is 1.91. The average Bonchev–Trinajstić information content (AvgIpc) is 2.26. The molecule has 15 heavy (non-hydrogen) atoms. The number of unbranched alkanes of at least 4 members (excludes halogenated alkanes) is 7. The molecule has 0 amide bonds. The van der Waals surface area contributed by atoms with E-state index in [1.54, 1.807) is 13.2 Å². The first-order valence-electron chi connectivity index (χ1n) is 5.94. The Morgan fingerprint density at radius 1 is 0.933 bits per heavy atom. The molecule has 0 heterocycles. The van der Waals surface area contributed by atoms with Crippen LogP contribution in [0.5, 0.6) is 0 Å². The third-order valence-corrected chi connectivity index (χ3v) is 2.43. The summed E-state index contributed by atoms with van der Waals surface area (Å²) in [6.45, 7) is 1.54. The monoisotopic (exact) mass is 213 g/mol. The van der Waals surface area contributed by atoms with Crippen molar-refractivity contribution in [3.05, 3.63) is 0 Å². The smallest absolute Gasteiger partial charge is 0.234 e. The van der Waals surface area contributed by atoms with Gasteiger partial charge in [-0.3, -0.25) is 0 Å². The third-order valence-electron chi connectivity index (χ3n) is 2.43. The molecule has 0 radical (unpaired) electrons. The van der Waals surface area contributed by atoms with Crippen molar-refractivity contribution in [1.82, 2.24) is 0 Å². The zero-order valence-electron chi connectivity index (χ0n) is 9.83. The number of hydrogen-bond donors (Lipinski definition) is 0. The van der Waals surface area contributed by atoms with Gasteiger partial charge in [0.25, 0.3) is 0 Å². The van der Waals surface area contributed by atoms with Crippen LogP contribution < -0.4 is 0 Å². The van der Waals surface area contributed by atoms with Crippen molar-refractivity contribution in [2.75, 3.05) is 20.3 Å². The minimum atomic E-state index is 0.650. The molecule has 0 spiro atoms. The maximum atomic E-state index is 9.76. The Morgan fingerprint density at radius 3 is 2.00 bits per heavy atom. The van der Waals surface area contributed by atoms with E-state index in [9.17, 15) is 4.79 Å². The van der Waals surface area contributed by atoms with Crippen LogP contribution in [-0.2, 0) is 9.53 Å². The van der Waals surface area contributed by atoms with Crippen molar-refractivity contribution in [1.29, 1.82) is 0 Å². The second-order valence-electron chi connectivity index (χ2n) is 3.79. The Kier molecular flexibility index (Phi) is 12.8. The lowest BCUT2D eigenvalue weighted by Gasteiger charge is -2.00. The summed E-state index contributed by atoms with van der Waals surface area (Å²) in [4.78, 5) is 13.3. The summed E-state index contributed by atoms with van der Waals surface area (Å²) in [5.74, 6) is 0. The second-order valence-corrected chi connectivity index (χ2v) is 3.79. The fourth-order valence-electron chi connectivity index (χ4n) is 1.54. The van der Waals surface area contributed by atoms with Crippen molar-refractivity contribution >= 4 is 6.08 Å². The molecule has 0 aliphatic heterocycles. The van der Waals surface area contributed by atoms with Gasteiger partial charge in [0.15, 0.2) is 0 Å². The molecular weight excluding hydrogens is 190 g/mol. The van der Waals surface area contributed by atoms with E-state index in [2.05, 4.69) is 4.99 Å². The van der Waals surface area contributed by atoms with E-state index >= 15 is 0 Å². The molecule has 0 rings (SSSR count). The van der Waals surface area contributed by atoms with Gasteiger partial charge in [-0.05, 0) is 12.8 Å². The summed E-state index contributed by atoms with van der Waals surface area (Å²) < 4.78 is 4.98. The summed E-state index contributed by atoms with van der Waals surface area (Å²) in [6, 6.07) is 0. The lowest BCUT2D eigenvalue weighted by Crippen LogP contribution is -1.88. The van der Waals surface area contributed by atoms with Crippen LogP contribution in [0.4, 0.5) is 0 Å². The number of ether oxygens (including phenoxy) is 1. The Labute approximate surface area is 92.9 Å². The minimum Gasteiger partial charge on any atom is -0.385 e. The summed E-state index contributed by atoms with van der Waals surface area (Å²) in [5.41, 5.74) is 0. The van der Waals surface area contributed by atoms with E-state index in [4.69, 9.17) is 4.74 Å². The van der Waals surface area contributed by atoms with Crippen molar-refractivity contribution in [2.24, 2.45) is 4.99 Å². The highest BCUT2D eigenvalue weighted by atomic mass is 16.5. The highest BCUT2D eigenvalue weighted by molar-refractivity contribution is 5.32. The van der Waals surface area contributed by atoms with Gasteiger partial charge in [0, 0.05) is 13.7 Å². The number of nitrogens with zero attached hydrogens (tertiary/aromatic N) is 1. The van der Waals surface area contributed by atoms with Gasteiger partial charge >= 0.3 is 0 Å². The number of hydrogen-bond acceptors (Lipinski definition) is 3. The van der Waals surface area contributed by atoms with Crippen LogP contribution in [0.15, 0.2) is 4.99 Å². The molecule has 0 aliphatic rings. The summed E-state index contributed by atoms with van der Waals surface area (Å²) in [7, 11) is 1.75. The molecule has 0 aromatic carbocycles. The fourth-order valence-corrected chi connectivity index (χ4v) is 1.54. The number of aliphatic imine (C=N–C) groups is 1. The van der Waals surface area contributed by atoms with E-state index in [0.717, 1.165) is 13.0 Å². The number of rotatable bonds is 11. The summed E-state index contributed by atoms with van der Waals surface area (Å²) in [5, 5.41) is 0. The number of methoxy groups -OCH3 is 1. The zero-order chi connectivity index (χ0) is 11.2. The topological polar surface area (TPSA) is 38.7 Å². The van der Waals surface area contributed by atoms with E-state index in [1.807, 2.05) is 0 Å². The third kappa shape index (κ3) is 13.3. The Hall–Kier alpha value is -0.660.